The molecule has 0 N–H and O–H groups in total. The molecular weight excluding hydrogens is 417 g/mol. The number of para-hydroxylation sites is 1. The summed E-state index contributed by atoms with van der Waals surface area (Å²) < 4.78 is 43.0. The Morgan fingerprint density at radius 1 is 1.06 bits per heavy atom. The van der Waals surface area contributed by atoms with Crippen molar-refractivity contribution in [1.29, 1.82) is 0 Å². The first-order valence-electron chi connectivity index (χ1n) is 10.1. The number of aromatic nitrogens is 3. The third kappa shape index (κ3) is 3.84. The Morgan fingerprint density at radius 2 is 1.81 bits per heavy atom. The Kier molecular flexibility index (Phi) is 5.46. The molecule has 0 saturated carbocycles. The number of nitrogens with zero attached hydrogens (tertiary/aromatic N) is 4. The van der Waals surface area contributed by atoms with Gasteiger partial charge in [0.2, 0.25) is 0 Å². The van der Waals surface area contributed by atoms with E-state index in [1.165, 1.54) is 12.1 Å². The molecule has 2 aromatic carbocycles. The van der Waals surface area contributed by atoms with Crippen LogP contribution in [0, 0.1) is 13.8 Å². The first-order valence-corrected chi connectivity index (χ1v) is 10.1. The summed E-state index contributed by atoms with van der Waals surface area (Å²) in [6.07, 6.45) is -2.97. The first-order chi connectivity index (χ1) is 15.2. The highest BCUT2D eigenvalue weighted by molar-refractivity contribution is 5.83. The smallest absolute Gasteiger partial charge is 0.349 e. The lowest BCUT2D eigenvalue weighted by Gasteiger charge is -2.12. The van der Waals surface area contributed by atoms with Crippen LogP contribution in [-0.2, 0) is 12.7 Å². The summed E-state index contributed by atoms with van der Waals surface area (Å²) in [5.74, 6) is 0.0420. The lowest BCUT2D eigenvalue weighted by atomic mass is 10.1. The molecule has 4 rings (SSSR count). The van der Waals surface area contributed by atoms with Crippen molar-refractivity contribution < 1.29 is 13.2 Å². The van der Waals surface area contributed by atoms with Crippen molar-refractivity contribution in [1.82, 2.24) is 14.2 Å². The van der Waals surface area contributed by atoms with E-state index in [-0.39, 0.29) is 11.4 Å². The molecule has 0 spiro atoms. The first kappa shape index (κ1) is 21.5. The molecule has 0 aliphatic heterocycles. The standard InChI is InChI=1S/C24H21F3N4O/c1-4-30-15(2)12-18(16(30)3)14-28-31-22(17-8-7-9-19(13-17)24(25,26)27)29-21-11-6-5-10-20(21)23(31)32/h5-14H,4H2,1-3H3. The minimum atomic E-state index is -4.51. The zero-order valence-electron chi connectivity index (χ0n) is 17.8. The molecule has 0 aliphatic rings. The van der Waals surface area contributed by atoms with Crippen molar-refractivity contribution in [2.75, 3.05) is 0 Å². The van der Waals surface area contributed by atoms with E-state index in [0.717, 1.165) is 40.3 Å². The van der Waals surface area contributed by atoms with E-state index < -0.39 is 17.3 Å². The number of alkyl halides is 3. The van der Waals surface area contributed by atoms with Crippen LogP contribution in [0.5, 0.6) is 0 Å². The molecule has 2 heterocycles. The molecule has 32 heavy (non-hydrogen) atoms. The number of hydrogen-bond donors (Lipinski definition) is 0. The van der Waals surface area contributed by atoms with Gasteiger partial charge in [-0.2, -0.15) is 22.9 Å². The fourth-order valence-electron chi connectivity index (χ4n) is 3.82. The topological polar surface area (TPSA) is 52.2 Å². The summed E-state index contributed by atoms with van der Waals surface area (Å²) in [6, 6.07) is 13.4. The second-order valence-electron chi connectivity index (χ2n) is 7.46. The predicted octanol–water partition coefficient (Wildman–Crippen LogP) is 5.40. The molecule has 0 atom stereocenters. The van der Waals surface area contributed by atoms with E-state index in [2.05, 4.69) is 14.7 Å². The van der Waals surface area contributed by atoms with Crippen LogP contribution in [0.2, 0.25) is 0 Å². The average molecular weight is 438 g/mol. The van der Waals surface area contributed by atoms with Gasteiger partial charge in [0.25, 0.3) is 5.56 Å². The fourth-order valence-corrected chi connectivity index (χ4v) is 3.82. The highest BCUT2D eigenvalue weighted by Crippen LogP contribution is 2.32. The number of aryl methyl sites for hydroxylation is 1. The summed E-state index contributed by atoms with van der Waals surface area (Å²) in [6.45, 7) is 6.75. The van der Waals surface area contributed by atoms with Crippen LogP contribution in [0.1, 0.15) is 29.4 Å². The Balaban J connectivity index is 1.94. The van der Waals surface area contributed by atoms with Crippen LogP contribution in [0.3, 0.4) is 0 Å². The van der Waals surface area contributed by atoms with Gasteiger partial charge in [-0.3, -0.25) is 4.79 Å². The molecule has 0 bridgehead atoms. The molecule has 8 heteroatoms. The van der Waals surface area contributed by atoms with Crippen molar-refractivity contribution >= 4 is 17.1 Å². The molecule has 164 valence electrons. The van der Waals surface area contributed by atoms with Gasteiger partial charge in [-0.05, 0) is 51.1 Å². The van der Waals surface area contributed by atoms with Gasteiger partial charge < -0.3 is 4.57 Å². The molecule has 0 unspecified atom stereocenters. The van der Waals surface area contributed by atoms with E-state index in [1.807, 2.05) is 26.8 Å². The van der Waals surface area contributed by atoms with Crippen molar-refractivity contribution in [3.05, 3.63) is 87.5 Å². The lowest BCUT2D eigenvalue weighted by Crippen LogP contribution is -2.20. The lowest BCUT2D eigenvalue weighted by molar-refractivity contribution is -0.137. The average Bonchev–Trinajstić information content (AvgIpc) is 3.04. The Bertz CT molecular complexity index is 1400. The minimum Gasteiger partial charge on any atom is -0.349 e. The molecule has 0 aliphatic carbocycles. The Hall–Kier alpha value is -3.68. The minimum absolute atomic E-state index is 0.0420. The second-order valence-corrected chi connectivity index (χ2v) is 7.46. The summed E-state index contributed by atoms with van der Waals surface area (Å²) in [7, 11) is 0. The van der Waals surface area contributed by atoms with Gasteiger partial charge in [0, 0.05) is 29.1 Å². The van der Waals surface area contributed by atoms with Crippen LogP contribution in [0.25, 0.3) is 22.3 Å². The van der Waals surface area contributed by atoms with Crippen LogP contribution >= 0.6 is 0 Å². The number of benzene rings is 2. The van der Waals surface area contributed by atoms with Crippen LogP contribution in [0.4, 0.5) is 13.2 Å². The van der Waals surface area contributed by atoms with Gasteiger partial charge in [-0.1, -0.05) is 24.3 Å². The third-order valence-corrected chi connectivity index (χ3v) is 5.44. The molecule has 0 radical (unpaired) electrons. The van der Waals surface area contributed by atoms with Gasteiger partial charge in [0.15, 0.2) is 5.82 Å². The summed E-state index contributed by atoms with van der Waals surface area (Å²) in [5.41, 5.74) is 2.12. The number of halogens is 3. The fraction of sp³-hybridized carbons (Fsp3) is 0.208. The summed E-state index contributed by atoms with van der Waals surface area (Å²) >= 11 is 0. The van der Waals surface area contributed by atoms with Crippen molar-refractivity contribution in [2.45, 2.75) is 33.5 Å². The van der Waals surface area contributed by atoms with Crippen molar-refractivity contribution in [3.8, 4) is 11.4 Å². The van der Waals surface area contributed by atoms with Crippen molar-refractivity contribution in [3.63, 3.8) is 0 Å². The molecule has 0 saturated heterocycles. The largest absolute Gasteiger partial charge is 0.416 e. The molecular formula is C24H21F3N4O. The van der Waals surface area contributed by atoms with Gasteiger partial charge in [-0.15, -0.1) is 0 Å². The number of rotatable bonds is 4. The maximum atomic E-state index is 13.3. The van der Waals surface area contributed by atoms with E-state index in [1.54, 1.807) is 30.5 Å². The molecule has 5 nitrogen and oxygen atoms in total. The zero-order valence-corrected chi connectivity index (χ0v) is 17.8. The van der Waals surface area contributed by atoms with E-state index >= 15 is 0 Å². The highest BCUT2D eigenvalue weighted by Gasteiger charge is 2.31. The maximum Gasteiger partial charge on any atom is 0.416 e. The Morgan fingerprint density at radius 3 is 2.50 bits per heavy atom. The maximum absolute atomic E-state index is 13.3. The third-order valence-electron chi connectivity index (χ3n) is 5.44. The SMILES string of the molecule is CCn1c(C)cc(C=Nn2c(-c3cccc(C(F)(F)F)c3)nc3ccccc3c2=O)c1C. The van der Waals surface area contributed by atoms with E-state index in [4.69, 9.17) is 0 Å². The van der Waals surface area contributed by atoms with E-state index in [9.17, 15) is 18.0 Å². The number of hydrogen-bond acceptors (Lipinski definition) is 3. The molecule has 2 aromatic heterocycles. The summed E-state index contributed by atoms with van der Waals surface area (Å²) in [4.78, 5) is 17.7. The highest BCUT2D eigenvalue weighted by atomic mass is 19.4. The van der Waals surface area contributed by atoms with Crippen LogP contribution in [-0.4, -0.2) is 20.4 Å². The molecule has 0 fully saturated rings. The van der Waals surface area contributed by atoms with Crippen LogP contribution < -0.4 is 5.56 Å². The van der Waals surface area contributed by atoms with E-state index in [0.29, 0.717) is 10.9 Å². The molecule has 0 amide bonds. The van der Waals surface area contributed by atoms with Gasteiger partial charge in [-0.25, -0.2) is 4.98 Å². The van der Waals surface area contributed by atoms with Gasteiger partial charge in [0.1, 0.15) is 0 Å². The monoisotopic (exact) mass is 438 g/mol. The normalized spacial score (nSPS) is 12.2. The quantitative estimate of drug-likeness (QED) is 0.401. The van der Waals surface area contributed by atoms with Gasteiger partial charge >= 0.3 is 6.18 Å². The number of fused-ring (bicyclic) bond motifs is 1. The predicted molar refractivity (Wildman–Crippen MR) is 119 cm³/mol. The Labute approximate surface area is 182 Å². The van der Waals surface area contributed by atoms with Gasteiger partial charge in [0.05, 0.1) is 22.7 Å². The summed E-state index contributed by atoms with van der Waals surface area (Å²) in [5, 5.41) is 4.70. The van der Waals surface area contributed by atoms with Crippen LogP contribution in [0.15, 0.2) is 64.5 Å². The zero-order chi connectivity index (χ0) is 23.0. The molecule has 4 aromatic rings. The second kappa shape index (κ2) is 8.11. The van der Waals surface area contributed by atoms with Crippen molar-refractivity contribution in [2.24, 2.45) is 5.10 Å².